The molecule has 0 fully saturated rings. The Morgan fingerprint density at radius 1 is 1.14 bits per heavy atom. The summed E-state index contributed by atoms with van der Waals surface area (Å²) in [6.45, 7) is 6.78. The first-order valence-corrected chi connectivity index (χ1v) is 5.76. The molecule has 0 saturated carbocycles. The van der Waals surface area contributed by atoms with Gasteiger partial charge in [0.1, 0.15) is 5.76 Å². The standard InChI is InChI=1S/C12H19NO/c1-4-8-9(5-2)11-12(10(8)6-3)14-7-13-11/h7-10H,4-6H2,1-3H3. The zero-order chi connectivity index (χ0) is 10.1. The average molecular weight is 193 g/mol. The molecule has 0 spiro atoms. The highest BCUT2D eigenvalue weighted by Crippen LogP contribution is 2.50. The van der Waals surface area contributed by atoms with Gasteiger partial charge in [-0.1, -0.05) is 27.2 Å². The van der Waals surface area contributed by atoms with Gasteiger partial charge in [-0.2, -0.15) is 0 Å². The summed E-state index contributed by atoms with van der Waals surface area (Å²) in [5.41, 5.74) is 1.24. The fourth-order valence-electron chi connectivity index (χ4n) is 3.05. The van der Waals surface area contributed by atoms with Crippen molar-refractivity contribution < 1.29 is 4.42 Å². The molecule has 3 unspecified atom stereocenters. The molecule has 1 heterocycles. The van der Waals surface area contributed by atoms with Gasteiger partial charge in [-0.3, -0.25) is 0 Å². The number of rotatable bonds is 3. The molecule has 0 bridgehead atoms. The van der Waals surface area contributed by atoms with Crippen molar-refractivity contribution in [3.05, 3.63) is 17.8 Å². The smallest absolute Gasteiger partial charge is 0.181 e. The van der Waals surface area contributed by atoms with Gasteiger partial charge in [0.05, 0.1) is 5.69 Å². The van der Waals surface area contributed by atoms with E-state index >= 15 is 0 Å². The molecular formula is C12H19NO. The maximum atomic E-state index is 5.53. The van der Waals surface area contributed by atoms with E-state index in [4.69, 9.17) is 4.42 Å². The second-order valence-corrected chi connectivity index (χ2v) is 4.20. The van der Waals surface area contributed by atoms with Crippen LogP contribution in [-0.2, 0) is 0 Å². The lowest BCUT2D eigenvalue weighted by Gasteiger charge is -2.21. The van der Waals surface area contributed by atoms with Gasteiger partial charge in [-0.05, 0) is 18.8 Å². The van der Waals surface area contributed by atoms with Crippen molar-refractivity contribution in [2.75, 3.05) is 0 Å². The molecule has 0 radical (unpaired) electrons. The summed E-state index contributed by atoms with van der Waals surface area (Å²) in [5.74, 6) is 3.18. The molecule has 2 heteroatoms. The van der Waals surface area contributed by atoms with Crippen LogP contribution in [0.3, 0.4) is 0 Å². The maximum Gasteiger partial charge on any atom is 0.181 e. The molecule has 2 nitrogen and oxygen atoms in total. The molecule has 3 atom stereocenters. The number of oxazole rings is 1. The molecule has 1 aliphatic rings. The van der Waals surface area contributed by atoms with Crippen LogP contribution in [0.1, 0.15) is 63.3 Å². The summed E-state index contributed by atoms with van der Waals surface area (Å²) >= 11 is 0. The Kier molecular flexibility index (Phi) is 2.62. The minimum absolute atomic E-state index is 0.613. The van der Waals surface area contributed by atoms with E-state index in [0.717, 1.165) is 5.92 Å². The van der Waals surface area contributed by atoms with Crippen LogP contribution in [0, 0.1) is 5.92 Å². The summed E-state index contributed by atoms with van der Waals surface area (Å²) < 4.78 is 5.53. The van der Waals surface area contributed by atoms with Crippen molar-refractivity contribution in [3.8, 4) is 0 Å². The van der Waals surface area contributed by atoms with E-state index in [2.05, 4.69) is 25.8 Å². The second kappa shape index (κ2) is 3.76. The van der Waals surface area contributed by atoms with Gasteiger partial charge >= 0.3 is 0 Å². The molecule has 0 aromatic carbocycles. The van der Waals surface area contributed by atoms with Crippen LogP contribution >= 0.6 is 0 Å². The van der Waals surface area contributed by atoms with Gasteiger partial charge in [0.15, 0.2) is 6.39 Å². The first-order valence-electron chi connectivity index (χ1n) is 5.76. The molecule has 2 rings (SSSR count). The predicted molar refractivity (Wildman–Crippen MR) is 56.3 cm³/mol. The normalized spacial score (nSPS) is 30.6. The third-order valence-corrected chi connectivity index (χ3v) is 3.70. The van der Waals surface area contributed by atoms with Gasteiger partial charge in [0.2, 0.25) is 0 Å². The molecule has 1 aliphatic carbocycles. The Balaban J connectivity index is 2.36. The zero-order valence-corrected chi connectivity index (χ0v) is 9.29. The molecule has 14 heavy (non-hydrogen) atoms. The molecule has 78 valence electrons. The molecular weight excluding hydrogens is 174 g/mol. The summed E-state index contributed by atoms with van der Waals surface area (Å²) in [5, 5.41) is 0. The zero-order valence-electron chi connectivity index (χ0n) is 9.29. The number of fused-ring (bicyclic) bond motifs is 1. The van der Waals surface area contributed by atoms with Crippen molar-refractivity contribution in [2.24, 2.45) is 5.92 Å². The number of hydrogen-bond donors (Lipinski definition) is 0. The van der Waals surface area contributed by atoms with Crippen molar-refractivity contribution >= 4 is 0 Å². The second-order valence-electron chi connectivity index (χ2n) is 4.20. The summed E-state index contributed by atoms with van der Waals surface area (Å²) in [6.07, 6.45) is 5.22. The Morgan fingerprint density at radius 2 is 1.86 bits per heavy atom. The molecule has 1 aromatic heterocycles. The molecule has 0 N–H and O–H groups in total. The van der Waals surface area contributed by atoms with Crippen molar-refractivity contribution in [3.63, 3.8) is 0 Å². The van der Waals surface area contributed by atoms with Crippen LogP contribution in [0.2, 0.25) is 0 Å². The summed E-state index contributed by atoms with van der Waals surface area (Å²) in [4.78, 5) is 4.38. The van der Waals surface area contributed by atoms with Crippen LogP contribution in [0.4, 0.5) is 0 Å². The molecule has 1 aromatic rings. The summed E-state index contributed by atoms with van der Waals surface area (Å²) in [7, 11) is 0. The first-order chi connectivity index (χ1) is 6.83. The quantitative estimate of drug-likeness (QED) is 0.731. The van der Waals surface area contributed by atoms with E-state index in [0.29, 0.717) is 11.8 Å². The van der Waals surface area contributed by atoms with Crippen LogP contribution < -0.4 is 0 Å². The molecule has 0 aliphatic heterocycles. The van der Waals surface area contributed by atoms with Crippen molar-refractivity contribution in [1.29, 1.82) is 0 Å². The minimum atomic E-state index is 0.613. The highest BCUT2D eigenvalue weighted by Gasteiger charge is 2.41. The van der Waals surface area contributed by atoms with Crippen LogP contribution in [0.25, 0.3) is 0 Å². The third kappa shape index (κ3) is 1.20. The lowest BCUT2D eigenvalue weighted by atomic mass is 9.83. The van der Waals surface area contributed by atoms with Gasteiger partial charge in [0, 0.05) is 11.8 Å². The largest absolute Gasteiger partial charge is 0.448 e. The van der Waals surface area contributed by atoms with E-state index < -0.39 is 0 Å². The number of nitrogens with zero attached hydrogens (tertiary/aromatic N) is 1. The molecule has 0 saturated heterocycles. The Labute approximate surface area is 85.7 Å². The van der Waals surface area contributed by atoms with Gasteiger partial charge in [-0.25, -0.2) is 4.98 Å². The average Bonchev–Trinajstić information content (AvgIpc) is 2.74. The fourth-order valence-corrected chi connectivity index (χ4v) is 3.05. The first kappa shape index (κ1) is 9.75. The van der Waals surface area contributed by atoms with Crippen LogP contribution in [0.5, 0.6) is 0 Å². The maximum absolute atomic E-state index is 5.53. The number of aromatic nitrogens is 1. The number of hydrogen-bond acceptors (Lipinski definition) is 2. The lowest BCUT2D eigenvalue weighted by molar-refractivity contribution is 0.327. The van der Waals surface area contributed by atoms with E-state index in [9.17, 15) is 0 Å². The van der Waals surface area contributed by atoms with Crippen LogP contribution in [-0.4, -0.2) is 4.98 Å². The molecule has 0 amide bonds. The Bertz CT molecular complexity index is 279. The Hall–Kier alpha value is -0.790. The highest BCUT2D eigenvalue weighted by molar-refractivity contribution is 5.27. The summed E-state index contributed by atoms with van der Waals surface area (Å²) in [6, 6.07) is 0. The lowest BCUT2D eigenvalue weighted by Crippen LogP contribution is -2.11. The van der Waals surface area contributed by atoms with Crippen molar-refractivity contribution in [1.82, 2.24) is 4.98 Å². The highest BCUT2D eigenvalue weighted by atomic mass is 16.3. The van der Waals surface area contributed by atoms with Gasteiger partial charge < -0.3 is 4.42 Å². The van der Waals surface area contributed by atoms with Crippen molar-refractivity contribution in [2.45, 2.75) is 51.9 Å². The van der Waals surface area contributed by atoms with E-state index in [-0.39, 0.29) is 0 Å². The van der Waals surface area contributed by atoms with E-state index in [1.54, 1.807) is 6.39 Å². The van der Waals surface area contributed by atoms with Gasteiger partial charge in [0.25, 0.3) is 0 Å². The predicted octanol–water partition coefficient (Wildman–Crippen LogP) is 3.70. The SMILES string of the molecule is CCC1c2ncoc2C(CC)C1CC. The topological polar surface area (TPSA) is 26.0 Å². The fraction of sp³-hybridized carbons (Fsp3) is 0.750. The minimum Gasteiger partial charge on any atom is -0.448 e. The van der Waals surface area contributed by atoms with Gasteiger partial charge in [-0.15, -0.1) is 0 Å². The van der Waals surface area contributed by atoms with E-state index in [1.165, 1.54) is 30.7 Å². The monoisotopic (exact) mass is 193 g/mol. The third-order valence-electron chi connectivity index (χ3n) is 3.70. The van der Waals surface area contributed by atoms with Crippen LogP contribution in [0.15, 0.2) is 10.8 Å². The Morgan fingerprint density at radius 3 is 2.43 bits per heavy atom. The van der Waals surface area contributed by atoms with E-state index in [1.807, 2.05) is 0 Å².